The molecular formula is C14H23N7. The summed E-state index contributed by atoms with van der Waals surface area (Å²) in [6, 6.07) is 0. The predicted octanol–water partition coefficient (Wildman–Crippen LogP) is 1.64. The summed E-state index contributed by atoms with van der Waals surface area (Å²) in [5, 5.41) is 14.7. The molecule has 2 aromatic heterocycles. The van der Waals surface area contributed by atoms with Crippen LogP contribution in [0.5, 0.6) is 0 Å². The van der Waals surface area contributed by atoms with Crippen molar-refractivity contribution >= 4 is 11.6 Å². The number of hydrogen-bond acceptors (Lipinski definition) is 6. The molecule has 2 aromatic rings. The van der Waals surface area contributed by atoms with Crippen LogP contribution in [0.25, 0.3) is 0 Å². The number of hydrogen-bond donors (Lipinski definition) is 2. The smallest absolute Gasteiger partial charge is 0.134 e. The minimum Gasteiger partial charge on any atom is -0.370 e. The summed E-state index contributed by atoms with van der Waals surface area (Å²) in [6.07, 6.45) is 6.08. The molecule has 0 bridgehead atoms. The Balaban J connectivity index is 2.00. The highest BCUT2D eigenvalue weighted by Crippen LogP contribution is 2.20. The Morgan fingerprint density at radius 2 is 1.81 bits per heavy atom. The summed E-state index contributed by atoms with van der Waals surface area (Å²) < 4.78 is 1.93. The van der Waals surface area contributed by atoms with Gasteiger partial charge in [-0.3, -0.25) is 0 Å². The third-order valence-electron chi connectivity index (χ3n) is 3.29. The molecule has 0 amide bonds. The summed E-state index contributed by atoms with van der Waals surface area (Å²) in [7, 11) is 1.95. The molecule has 2 N–H and O–H groups in total. The van der Waals surface area contributed by atoms with E-state index in [-0.39, 0.29) is 0 Å². The van der Waals surface area contributed by atoms with E-state index < -0.39 is 0 Å². The molecule has 0 fully saturated rings. The monoisotopic (exact) mass is 289 g/mol. The second kappa shape index (κ2) is 7.56. The fourth-order valence-electron chi connectivity index (χ4n) is 2.12. The van der Waals surface area contributed by atoms with Gasteiger partial charge in [0, 0.05) is 32.1 Å². The number of aromatic nitrogens is 5. The first-order chi connectivity index (χ1) is 10.3. The zero-order valence-electron chi connectivity index (χ0n) is 12.9. The van der Waals surface area contributed by atoms with Crippen molar-refractivity contribution in [2.24, 2.45) is 7.05 Å². The van der Waals surface area contributed by atoms with Gasteiger partial charge in [-0.15, -0.1) is 10.2 Å². The van der Waals surface area contributed by atoms with Crippen LogP contribution in [0.1, 0.15) is 31.7 Å². The van der Waals surface area contributed by atoms with Gasteiger partial charge in [-0.1, -0.05) is 13.8 Å². The number of anilines is 2. The van der Waals surface area contributed by atoms with Gasteiger partial charge >= 0.3 is 0 Å². The molecule has 0 spiro atoms. The van der Waals surface area contributed by atoms with E-state index in [1.165, 1.54) is 0 Å². The topological polar surface area (TPSA) is 80.6 Å². The van der Waals surface area contributed by atoms with Crippen LogP contribution in [0, 0.1) is 0 Å². The lowest BCUT2D eigenvalue weighted by atomic mass is 10.2. The predicted molar refractivity (Wildman–Crippen MR) is 83.4 cm³/mol. The lowest BCUT2D eigenvalue weighted by Gasteiger charge is -2.14. The van der Waals surface area contributed by atoms with E-state index in [1.54, 1.807) is 12.7 Å². The molecule has 0 aliphatic heterocycles. The van der Waals surface area contributed by atoms with Crippen molar-refractivity contribution in [3.63, 3.8) is 0 Å². The number of aryl methyl sites for hydroxylation is 1. The minimum absolute atomic E-state index is 0.768. The molecule has 0 unspecified atom stereocenters. The zero-order valence-corrected chi connectivity index (χ0v) is 12.9. The molecule has 114 valence electrons. The maximum atomic E-state index is 4.35. The standard InChI is InChI=1S/C14H23N7/c1-4-7-15-13-11(5-2)14(18-9-17-13)16-8-6-12-20-19-10-21(12)3/h9-10H,4-8H2,1-3H3,(H2,15,16,17,18). The first-order valence-corrected chi connectivity index (χ1v) is 7.40. The molecule has 0 aliphatic rings. The molecular weight excluding hydrogens is 266 g/mol. The summed E-state index contributed by atoms with van der Waals surface area (Å²) >= 11 is 0. The molecule has 0 saturated heterocycles. The van der Waals surface area contributed by atoms with E-state index in [0.717, 1.165) is 55.4 Å². The largest absolute Gasteiger partial charge is 0.370 e. The van der Waals surface area contributed by atoms with Crippen molar-refractivity contribution in [3.8, 4) is 0 Å². The number of nitrogens with one attached hydrogen (secondary N) is 2. The highest BCUT2D eigenvalue weighted by atomic mass is 15.2. The summed E-state index contributed by atoms with van der Waals surface area (Å²) in [5.74, 6) is 2.78. The van der Waals surface area contributed by atoms with Gasteiger partial charge in [-0.25, -0.2) is 9.97 Å². The van der Waals surface area contributed by atoms with Crippen LogP contribution in [-0.2, 0) is 19.9 Å². The maximum absolute atomic E-state index is 4.35. The third kappa shape index (κ3) is 3.90. The van der Waals surface area contributed by atoms with Crippen molar-refractivity contribution in [3.05, 3.63) is 24.0 Å². The van der Waals surface area contributed by atoms with Crippen molar-refractivity contribution in [2.75, 3.05) is 23.7 Å². The molecule has 0 aliphatic carbocycles. The van der Waals surface area contributed by atoms with Crippen LogP contribution in [0.4, 0.5) is 11.6 Å². The van der Waals surface area contributed by atoms with E-state index >= 15 is 0 Å². The average molecular weight is 289 g/mol. The van der Waals surface area contributed by atoms with E-state index in [1.807, 2.05) is 11.6 Å². The van der Waals surface area contributed by atoms with Crippen molar-refractivity contribution in [2.45, 2.75) is 33.1 Å². The Morgan fingerprint density at radius 1 is 1.10 bits per heavy atom. The fourth-order valence-corrected chi connectivity index (χ4v) is 2.12. The van der Waals surface area contributed by atoms with Crippen LogP contribution >= 0.6 is 0 Å². The Morgan fingerprint density at radius 3 is 2.38 bits per heavy atom. The molecule has 7 nitrogen and oxygen atoms in total. The quantitative estimate of drug-likeness (QED) is 0.769. The van der Waals surface area contributed by atoms with E-state index in [2.05, 4.69) is 44.6 Å². The Bertz CT molecular complexity index is 564. The molecule has 0 radical (unpaired) electrons. The van der Waals surface area contributed by atoms with Crippen molar-refractivity contribution in [1.82, 2.24) is 24.7 Å². The highest BCUT2D eigenvalue weighted by Gasteiger charge is 2.09. The average Bonchev–Trinajstić information content (AvgIpc) is 2.90. The van der Waals surface area contributed by atoms with Gasteiger partial charge in [0.1, 0.15) is 30.1 Å². The molecule has 21 heavy (non-hydrogen) atoms. The molecule has 0 aromatic carbocycles. The van der Waals surface area contributed by atoms with Crippen molar-refractivity contribution in [1.29, 1.82) is 0 Å². The van der Waals surface area contributed by atoms with Gasteiger partial charge in [0.15, 0.2) is 0 Å². The number of rotatable bonds is 8. The molecule has 0 saturated carbocycles. The first kappa shape index (κ1) is 15.2. The summed E-state index contributed by atoms with van der Waals surface area (Å²) in [6.45, 7) is 5.94. The lowest BCUT2D eigenvalue weighted by molar-refractivity contribution is 0.786. The van der Waals surface area contributed by atoms with E-state index in [0.29, 0.717) is 0 Å². The zero-order chi connectivity index (χ0) is 15.1. The second-order valence-electron chi connectivity index (χ2n) is 4.86. The van der Waals surface area contributed by atoms with Gasteiger partial charge in [-0.05, 0) is 12.8 Å². The molecule has 2 rings (SSSR count). The molecule has 7 heteroatoms. The van der Waals surface area contributed by atoms with Crippen LogP contribution in [0.3, 0.4) is 0 Å². The maximum Gasteiger partial charge on any atom is 0.134 e. The Labute approximate surface area is 125 Å². The van der Waals surface area contributed by atoms with Gasteiger partial charge < -0.3 is 15.2 Å². The van der Waals surface area contributed by atoms with Gasteiger partial charge in [0.05, 0.1) is 0 Å². The van der Waals surface area contributed by atoms with Crippen LogP contribution in [-0.4, -0.2) is 37.8 Å². The summed E-state index contributed by atoms with van der Waals surface area (Å²) in [4.78, 5) is 8.69. The Hall–Kier alpha value is -2.18. The van der Waals surface area contributed by atoms with Gasteiger partial charge in [0.25, 0.3) is 0 Å². The summed E-state index contributed by atoms with van der Waals surface area (Å²) in [5.41, 5.74) is 1.13. The molecule has 0 atom stereocenters. The SMILES string of the molecule is CCCNc1ncnc(NCCc2nncn2C)c1CC. The first-order valence-electron chi connectivity index (χ1n) is 7.40. The van der Waals surface area contributed by atoms with Gasteiger partial charge in [-0.2, -0.15) is 0 Å². The fraction of sp³-hybridized carbons (Fsp3) is 0.571. The van der Waals surface area contributed by atoms with Crippen LogP contribution in [0.15, 0.2) is 12.7 Å². The second-order valence-corrected chi connectivity index (χ2v) is 4.86. The van der Waals surface area contributed by atoms with Crippen LogP contribution in [0.2, 0.25) is 0 Å². The normalized spacial score (nSPS) is 10.6. The van der Waals surface area contributed by atoms with Gasteiger partial charge in [0.2, 0.25) is 0 Å². The lowest BCUT2D eigenvalue weighted by Crippen LogP contribution is -2.13. The number of nitrogens with zero attached hydrogens (tertiary/aromatic N) is 5. The van der Waals surface area contributed by atoms with E-state index in [9.17, 15) is 0 Å². The third-order valence-corrected chi connectivity index (χ3v) is 3.29. The van der Waals surface area contributed by atoms with Crippen molar-refractivity contribution < 1.29 is 0 Å². The Kier molecular flexibility index (Phi) is 5.48. The highest BCUT2D eigenvalue weighted by molar-refractivity contribution is 5.57. The minimum atomic E-state index is 0.768. The molecule has 2 heterocycles. The van der Waals surface area contributed by atoms with E-state index in [4.69, 9.17) is 0 Å². The van der Waals surface area contributed by atoms with Crippen LogP contribution < -0.4 is 10.6 Å².